The number of alkyl halides is 1. The molecule has 0 saturated carbocycles. The van der Waals surface area contributed by atoms with Gasteiger partial charge in [-0.1, -0.05) is 26.0 Å². The van der Waals surface area contributed by atoms with Gasteiger partial charge in [0.05, 0.1) is 12.5 Å². The Balaban J connectivity index is 2.83. The molecule has 1 rings (SSSR count). The van der Waals surface area contributed by atoms with Crippen LogP contribution in [0.4, 0.5) is 0 Å². The summed E-state index contributed by atoms with van der Waals surface area (Å²) >= 11 is 6.38. The van der Waals surface area contributed by atoms with Crippen molar-refractivity contribution in [3.63, 3.8) is 0 Å². The maximum atomic E-state index is 10.5. The molecule has 19 heavy (non-hydrogen) atoms. The van der Waals surface area contributed by atoms with Gasteiger partial charge in [0.15, 0.2) is 0 Å². The van der Waals surface area contributed by atoms with Crippen LogP contribution < -0.4 is 4.74 Å². The molecular weight excluding hydrogens is 264 g/mol. The summed E-state index contributed by atoms with van der Waals surface area (Å²) in [6, 6.07) is 6.02. The fourth-order valence-electron chi connectivity index (χ4n) is 1.94. The number of methoxy groups -OCH3 is 1. The van der Waals surface area contributed by atoms with Crippen LogP contribution in [0.25, 0.3) is 0 Å². The second kappa shape index (κ2) is 7.39. The standard InChI is InChI=1S/C15H21ClO3/c1-10(2)11-7-8-14(19-3)12(9-11)13(16)5-4-6-15(17)18/h7-10,13H,4-6H2,1-3H3,(H,17,18). The van der Waals surface area contributed by atoms with E-state index in [4.69, 9.17) is 21.4 Å². The molecule has 0 aliphatic carbocycles. The molecule has 106 valence electrons. The third-order valence-electron chi connectivity index (χ3n) is 3.11. The van der Waals surface area contributed by atoms with Crippen LogP contribution >= 0.6 is 11.6 Å². The highest BCUT2D eigenvalue weighted by atomic mass is 35.5. The van der Waals surface area contributed by atoms with E-state index in [1.54, 1.807) is 7.11 Å². The van der Waals surface area contributed by atoms with E-state index >= 15 is 0 Å². The van der Waals surface area contributed by atoms with Gasteiger partial charge in [-0.3, -0.25) is 4.79 Å². The Labute approximate surface area is 119 Å². The van der Waals surface area contributed by atoms with Crippen LogP contribution in [-0.2, 0) is 4.79 Å². The van der Waals surface area contributed by atoms with E-state index in [1.165, 1.54) is 5.56 Å². The monoisotopic (exact) mass is 284 g/mol. The zero-order valence-corrected chi connectivity index (χ0v) is 12.4. The number of hydrogen-bond donors (Lipinski definition) is 1. The highest BCUT2D eigenvalue weighted by Gasteiger charge is 2.15. The number of hydrogen-bond acceptors (Lipinski definition) is 2. The average molecular weight is 285 g/mol. The minimum absolute atomic E-state index is 0.148. The molecule has 1 atom stereocenters. The second-order valence-electron chi connectivity index (χ2n) is 4.91. The van der Waals surface area contributed by atoms with Crippen molar-refractivity contribution in [2.24, 2.45) is 0 Å². The minimum atomic E-state index is -0.785. The van der Waals surface area contributed by atoms with Gasteiger partial charge >= 0.3 is 5.97 Å². The van der Waals surface area contributed by atoms with Gasteiger partial charge in [0, 0.05) is 12.0 Å². The summed E-state index contributed by atoms with van der Waals surface area (Å²) in [7, 11) is 1.62. The molecule has 4 heteroatoms. The molecule has 1 N–H and O–H groups in total. The third kappa shape index (κ3) is 4.75. The van der Waals surface area contributed by atoms with Gasteiger partial charge in [0.25, 0.3) is 0 Å². The Morgan fingerprint density at radius 2 is 2.11 bits per heavy atom. The Morgan fingerprint density at radius 1 is 1.42 bits per heavy atom. The molecule has 0 saturated heterocycles. The van der Waals surface area contributed by atoms with Crippen molar-refractivity contribution in [1.29, 1.82) is 0 Å². The molecule has 0 radical (unpaired) electrons. The number of benzene rings is 1. The lowest BCUT2D eigenvalue weighted by atomic mass is 9.97. The molecule has 0 aliphatic rings. The SMILES string of the molecule is COc1ccc(C(C)C)cc1C(Cl)CCCC(=O)O. The lowest BCUT2D eigenvalue weighted by molar-refractivity contribution is -0.137. The summed E-state index contributed by atoms with van der Waals surface area (Å²) in [5.41, 5.74) is 2.15. The van der Waals surface area contributed by atoms with Crippen molar-refractivity contribution in [3.05, 3.63) is 29.3 Å². The number of rotatable bonds is 7. The van der Waals surface area contributed by atoms with Crippen molar-refractivity contribution in [3.8, 4) is 5.75 Å². The summed E-state index contributed by atoms with van der Waals surface area (Å²) in [4.78, 5) is 10.5. The first-order valence-electron chi connectivity index (χ1n) is 6.49. The molecule has 0 bridgehead atoms. The van der Waals surface area contributed by atoms with Gasteiger partial charge < -0.3 is 9.84 Å². The minimum Gasteiger partial charge on any atom is -0.496 e. The van der Waals surface area contributed by atoms with E-state index < -0.39 is 5.97 Å². The molecule has 1 aromatic carbocycles. The van der Waals surface area contributed by atoms with Crippen LogP contribution in [0.2, 0.25) is 0 Å². The first kappa shape index (κ1) is 15.8. The lowest BCUT2D eigenvalue weighted by Crippen LogP contribution is -2.00. The molecule has 3 nitrogen and oxygen atoms in total. The summed E-state index contributed by atoms with van der Waals surface area (Å²) in [5.74, 6) is 0.402. The molecule has 0 heterocycles. The quantitative estimate of drug-likeness (QED) is 0.757. The van der Waals surface area contributed by atoms with Crippen LogP contribution in [-0.4, -0.2) is 18.2 Å². The average Bonchev–Trinajstić information content (AvgIpc) is 2.37. The fraction of sp³-hybridized carbons (Fsp3) is 0.533. The number of halogens is 1. The Morgan fingerprint density at radius 3 is 2.63 bits per heavy atom. The smallest absolute Gasteiger partial charge is 0.303 e. The highest BCUT2D eigenvalue weighted by molar-refractivity contribution is 6.21. The van der Waals surface area contributed by atoms with Crippen molar-refractivity contribution in [1.82, 2.24) is 0 Å². The Hall–Kier alpha value is -1.22. The fourth-order valence-corrected chi connectivity index (χ4v) is 2.27. The molecule has 0 aromatic heterocycles. The molecule has 1 aromatic rings. The highest BCUT2D eigenvalue weighted by Crippen LogP contribution is 2.35. The van der Waals surface area contributed by atoms with E-state index in [2.05, 4.69) is 19.9 Å². The van der Waals surface area contributed by atoms with Crippen molar-refractivity contribution >= 4 is 17.6 Å². The molecule has 0 amide bonds. The van der Waals surface area contributed by atoms with Crippen molar-refractivity contribution < 1.29 is 14.6 Å². The van der Waals surface area contributed by atoms with Crippen LogP contribution in [0, 0.1) is 0 Å². The molecular formula is C15H21ClO3. The largest absolute Gasteiger partial charge is 0.496 e. The van der Waals surface area contributed by atoms with Crippen molar-refractivity contribution in [2.75, 3.05) is 7.11 Å². The van der Waals surface area contributed by atoms with Crippen LogP contribution in [0.1, 0.15) is 55.5 Å². The normalized spacial score (nSPS) is 12.5. The van der Waals surface area contributed by atoms with E-state index in [9.17, 15) is 4.79 Å². The Kier molecular flexibility index (Phi) is 6.16. The first-order valence-corrected chi connectivity index (χ1v) is 6.93. The molecule has 0 fully saturated rings. The van der Waals surface area contributed by atoms with Gasteiger partial charge in [-0.2, -0.15) is 0 Å². The molecule has 1 unspecified atom stereocenters. The maximum Gasteiger partial charge on any atom is 0.303 e. The van der Waals surface area contributed by atoms with Gasteiger partial charge in [-0.15, -0.1) is 11.6 Å². The lowest BCUT2D eigenvalue weighted by Gasteiger charge is -2.16. The maximum absolute atomic E-state index is 10.5. The molecule has 0 aliphatic heterocycles. The summed E-state index contributed by atoms with van der Waals surface area (Å²) < 4.78 is 5.33. The number of carboxylic acid groups (broad SMARTS) is 1. The summed E-state index contributed by atoms with van der Waals surface area (Å²) in [5, 5.41) is 8.43. The second-order valence-corrected chi connectivity index (χ2v) is 5.44. The number of carbonyl (C=O) groups is 1. The van der Waals surface area contributed by atoms with Gasteiger partial charge in [0.1, 0.15) is 5.75 Å². The zero-order chi connectivity index (χ0) is 14.4. The van der Waals surface area contributed by atoms with E-state index in [1.807, 2.05) is 12.1 Å². The van der Waals surface area contributed by atoms with Crippen LogP contribution in [0.15, 0.2) is 18.2 Å². The zero-order valence-electron chi connectivity index (χ0n) is 11.6. The van der Waals surface area contributed by atoms with Gasteiger partial charge in [-0.05, 0) is 30.4 Å². The number of aliphatic carboxylic acids is 1. The first-order chi connectivity index (χ1) is 8.95. The predicted molar refractivity (Wildman–Crippen MR) is 77.2 cm³/mol. The summed E-state index contributed by atoms with van der Waals surface area (Å²) in [6.45, 7) is 4.25. The molecule has 0 spiro atoms. The van der Waals surface area contributed by atoms with Gasteiger partial charge in [-0.25, -0.2) is 0 Å². The van der Waals surface area contributed by atoms with E-state index in [0.717, 1.165) is 11.3 Å². The van der Waals surface area contributed by atoms with E-state index in [-0.39, 0.29) is 11.8 Å². The van der Waals surface area contributed by atoms with Crippen molar-refractivity contribution in [2.45, 2.75) is 44.4 Å². The predicted octanol–water partition coefficient (Wildman–Crippen LogP) is 4.35. The number of ether oxygens (including phenoxy) is 1. The number of carboxylic acids is 1. The summed E-state index contributed by atoms with van der Waals surface area (Å²) in [6.07, 6.45) is 1.35. The Bertz CT molecular complexity index is 429. The van der Waals surface area contributed by atoms with Crippen LogP contribution in [0.3, 0.4) is 0 Å². The van der Waals surface area contributed by atoms with E-state index in [0.29, 0.717) is 18.8 Å². The topological polar surface area (TPSA) is 46.5 Å². The van der Waals surface area contributed by atoms with Crippen LogP contribution in [0.5, 0.6) is 5.75 Å². The van der Waals surface area contributed by atoms with Gasteiger partial charge in [0.2, 0.25) is 0 Å². The third-order valence-corrected chi connectivity index (χ3v) is 3.56.